The third-order valence-corrected chi connectivity index (χ3v) is 4.82. The topological polar surface area (TPSA) is 116 Å². The maximum Gasteiger partial charge on any atom is 0.347 e. The summed E-state index contributed by atoms with van der Waals surface area (Å²) in [6.07, 6.45) is 3.89. The molecule has 8 nitrogen and oxygen atoms in total. The van der Waals surface area contributed by atoms with Crippen molar-refractivity contribution >= 4 is 39.9 Å². The van der Waals surface area contributed by atoms with Gasteiger partial charge in [0.2, 0.25) is 0 Å². The Hall–Kier alpha value is -2.94. The first-order valence-corrected chi connectivity index (χ1v) is 9.04. The third-order valence-electron chi connectivity index (χ3n) is 3.99. The number of nitrogens with one attached hydrogen (secondary N) is 2. The fraction of sp³-hybridized carbons (Fsp3) is 0.294. The number of ether oxygens (including phenoxy) is 1. The number of thiophene rings is 1. The highest BCUT2D eigenvalue weighted by atomic mass is 32.1. The van der Waals surface area contributed by atoms with Crippen molar-refractivity contribution in [3.05, 3.63) is 40.9 Å². The van der Waals surface area contributed by atoms with Crippen molar-refractivity contribution in [1.82, 2.24) is 0 Å². The summed E-state index contributed by atoms with van der Waals surface area (Å²) in [5.74, 6) is -1.05. The van der Waals surface area contributed by atoms with Crippen LogP contribution in [-0.2, 0) is 9.53 Å². The summed E-state index contributed by atoms with van der Waals surface area (Å²) in [7, 11) is 0. The van der Waals surface area contributed by atoms with E-state index in [4.69, 9.17) is 10.5 Å². The number of anilines is 2. The fourth-order valence-electron chi connectivity index (χ4n) is 2.77. The molecule has 1 fully saturated rings. The lowest BCUT2D eigenvalue weighted by molar-refractivity contribution is -0.364. The highest BCUT2D eigenvalue weighted by molar-refractivity contribution is 7.14. The summed E-state index contributed by atoms with van der Waals surface area (Å²) in [4.78, 5) is 40.8. The van der Waals surface area contributed by atoms with Crippen LogP contribution in [0.4, 0.5) is 10.8 Å². The van der Waals surface area contributed by atoms with E-state index in [9.17, 15) is 14.4 Å². The number of carbonyl (C=O) groups excluding carboxylic acids is 3. The van der Waals surface area contributed by atoms with Crippen LogP contribution in [0.1, 0.15) is 33.6 Å². The molecule has 1 aliphatic rings. The number of primary amides is 1. The lowest BCUT2D eigenvalue weighted by Gasteiger charge is -2.12. The van der Waals surface area contributed by atoms with Gasteiger partial charge < -0.3 is 15.8 Å². The monoisotopic (exact) mass is 375 g/mol. The van der Waals surface area contributed by atoms with Crippen LogP contribution in [0, 0.1) is 0 Å². The van der Waals surface area contributed by atoms with E-state index in [1.807, 2.05) is 0 Å². The summed E-state index contributed by atoms with van der Waals surface area (Å²) in [5.41, 5.74) is 5.84. The number of aromatic amines is 1. The smallest absolute Gasteiger partial charge is 0.347 e. The first-order chi connectivity index (χ1) is 12.6. The Morgan fingerprint density at radius 3 is 2.73 bits per heavy atom. The van der Waals surface area contributed by atoms with Gasteiger partial charge in [0.05, 0.1) is 24.8 Å². The average molecular weight is 375 g/mol. The summed E-state index contributed by atoms with van der Waals surface area (Å²) in [6.45, 7) is 1.29. The number of nitrogens with two attached hydrogens (primary N) is 1. The third kappa shape index (κ3) is 3.99. The van der Waals surface area contributed by atoms with E-state index in [0.717, 1.165) is 25.9 Å². The van der Waals surface area contributed by atoms with Crippen LogP contribution in [0.2, 0.25) is 0 Å². The molecule has 2 aromatic rings. The quantitative estimate of drug-likeness (QED) is 0.732. The number of pyridine rings is 1. The van der Waals surface area contributed by atoms with E-state index >= 15 is 0 Å². The van der Waals surface area contributed by atoms with E-state index in [0.29, 0.717) is 16.4 Å². The van der Waals surface area contributed by atoms with E-state index in [-0.39, 0.29) is 5.56 Å². The molecule has 0 unspecified atom stereocenters. The zero-order valence-electron chi connectivity index (χ0n) is 14.0. The molecule has 9 heteroatoms. The van der Waals surface area contributed by atoms with Gasteiger partial charge in [-0.2, -0.15) is 0 Å². The summed E-state index contributed by atoms with van der Waals surface area (Å²) in [5, 5.41) is 4.51. The molecule has 2 amide bonds. The molecule has 0 spiro atoms. The average Bonchev–Trinajstić information content (AvgIpc) is 3.31. The number of amides is 2. The first-order valence-electron chi connectivity index (χ1n) is 8.16. The Kier molecular flexibility index (Phi) is 5.47. The molecule has 0 bridgehead atoms. The molecule has 1 saturated heterocycles. The Balaban J connectivity index is 1.61. The van der Waals surface area contributed by atoms with Gasteiger partial charge in [-0.15, -0.1) is 11.3 Å². The fourth-order valence-corrected chi connectivity index (χ4v) is 3.58. The molecule has 0 atom stereocenters. The Labute approximate surface area is 154 Å². The molecule has 0 saturated carbocycles. The lowest BCUT2D eigenvalue weighted by atomic mass is 10.2. The van der Waals surface area contributed by atoms with Crippen LogP contribution < -0.4 is 20.9 Å². The normalized spacial score (nSPS) is 13.5. The predicted octanol–water partition coefficient (Wildman–Crippen LogP) is 1.06. The molecule has 0 aromatic carbocycles. The van der Waals surface area contributed by atoms with E-state index in [2.05, 4.69) is 15.2 Å². The minimum absolute atomic E-state index is 0.226. The van der Waals surface area contributed by atoms with Crippen LogP contribution in [0.5, 0.6) is 0 Å². The predicted molar refractivity (Wildman–Crippen MR) is 96.2 cm³/mol. The van der Waals surface area contributed by atoms with Gasteiger partial charge in [-0.3, -0.25) is 14.5 Å². The van der Waals surface area contributed by atoms with Crippen LogP contribution in [-0.4, -0.2) is 37.5 Å². The molecule has 3 rings (SSSR count). The van der Waals surface area contributed by atoms with Crippen molar-refractivity contribution in [3.8, 4) is 0 Å². The number of esters is 1. The van der Waals surface area contributed by atoms with E-state index in [1.165, 1.54) is 17.4 Å². The second-order valence-corrected chi connectivity index (χ2v) is 6.69. The standard InChI is InChI=1S/C17H18N4O4S/c18-14(23)11-5-9-26-16(11)20-13(22)10-25-17(24)12-4-3-6-19-15(12)21-7-1-2-8-21/h3-6,9H,1-2,7-8,10H2,(H2,18,23)(H,20,22)/p+1. The maximum atomic E-state index is 12.4. The van der Waals surface area contributed by atoms with Gasteiger partial charge in [0.1, 0.15) is 10.6 Å². The van der Waals surface area contributed by atoms with Gasteiger partial charge in [-0.25, -0.2) is 9.78 Å². The molecule has 1 aliphatic heterocycles. The number of rotatable bonds is 6. The highest BCUT2D eigenvalue weighted by Crippen LogP contribution is 2.23. The molecule has 3 heterocycles. The lowest BCUT2D eigenvalue weighted by Crippen LogP contribution is -2.29. The highest BCUT2D eigenvalue weighted by Gasteiger charge is 2.28. The number of aromatic nitrogens is 1. The Morgan fingerprint density at radius 2 is 2.00 bits per heavy atom. The summed E-state index contributed by atoms with van der Waals surface area (Å²) in [6, 6.07) is 4.90. The number of H-pyrrole nitrogens is 1. The van der Waals surface area contributed by atoms with Crippen LogP contribution in [0.25, 0.3) is 0 Å². The van der Waals surface area contributed by atoms with Crippen molar-refractivity contribution in [3.63, 3.8) is 0 Å². The molecule has 4 N–H and O–H groups in total. The molecular weight excluding hydrogens is 356 g/mol. The van der Waals surface area contributed by atoms with E-state index < -0.39 is 24.4 Å². The Bertz CT molecular complexity index is 830. The minimum Gasteiger partial charge on any atom is -0.452 e. The second kappa shape index (κ2) is 7.96. The SMILES string of the molecule is NC(=O)c1ccsc1NC(=O)COC(=O)c1ccc[nH+]c1N1CCCC1. The van der Waals surface area contributed by atoms with Crippen molar-refractivity contribution < 1.29 is 24.1 Å². The maximum absolute atomic E-state index is 12.4. The van der Waals surface area contributed by atoms with Crippen molar-refractivity contribution in [2.45, 2.75) is 12.8 Å². The van der Waals surface area contributed by atoms with Gasteiger partial charge >= 0.3 is 5.97 Å². The zero-order chi connectivity index (χ0) is 18.5. The van der Waals surface area contributed by atoms with Crippen molar-refractivity contribution in [1.29, 1.82) is 0 Å². The zero-order valence-corrected chi connectivity index (χ0v) is 14.8. The Morgan fingerprint density at radius 1 is 1.23 bits per heavy atom. The molecule has 26 heavy (non-hydrogen) atoms. The number of carbonyl (C=O) groups is 3. The largest absolute Gasteiger partial charge is 0.452 e. The van der Waals surface area contributed by atoms with Crippen molar-refractivity contribution in [2.24, 2.45) is 5.73 Å². The van der Waals surface area contributed by atoms with Gasteiger partial charge in [-0.1, -0.05) is 0 Å². The second-order valence-electron chi connectivity index (χ2n) is 5.78. The molecule has 0 radical (unpaired) electrons. The molecule has 0 aliphatic carbocycles. The van der Waals surface area contributed by atoms with E-state index in [1.54, 1.807) is 23.7 Å². The van der Waals surface area contributed by atoms with Crippen LogP contribution in [0.15, 0.2) is 29.8 Å². The van der Waals surface area contributed by atoms with Crippen molar-refractivity contribution in [2.75, 3.05) is 29.9 Å². The summed E-state index contributed by atoms with van der Waals surface area (Å²) >= 11 is 1.17. The minimum atomic E-state index is -0.631. The first kappa shape index (κ1) is 17.9. The molecular formula is C17H19N4O4S+. The van der Waals surface area contributed by atoms with Gasteiger partial charge in [-0.05, 0) is 36.4 Å². The number of hydrogen-bond acceptors (Lipinski definition) is 6. The van der Waals surface area contributed by atoms with Gasteiger partial charge in [0, 0.05) is 0 Å². The van der Waals surface area contributed by atoms with Gasteiger partial charge in [0.15, 0.2) is 6.61 Å². The number of nitrogens with zero attached hydrogens (tertiary/aromatic N) is 1. The van der Waals surface area contributed by atoms with Crippen LogP contribution >= 0.6 is 11.3 Å². The molecule has 136 valence electrons. The van der Waals surface area contributed by atoms with Crippen LogP contribution in [0.3, 0.4) is 0 Å². The summed E-state index contributed by atoms with van der Waals surface area (Å²) < 4.78 is 5.13. The molecule has 2 aromatic heterocycles. The van der Waals surface area contributed by atoms with Gasteiger partial charge in [0.25, 0.3) is 17.6 Å². The number of hydrogen-bond donors (Lipinski definition) is 2.